The lowest BCUT2D eigenvalue weighted by Gasteiger charge is -2.14. The van der Waals surface area contributed by atoms with Gasteiger partial charge in [-0.25, -0.2) is 0 Å². The fourth-order valence-corrected chi connectivity index (χ4v) is 0.871. The van der Waals surface area contributed by atoms with Gasteiger partial charge >= 0.3 is 0 Å². The molecule has 0 aliphatic rings. The zero-order valence-electron chi connectivity index (χ0n) is 7.17. The Bertz CT molecular complexity index is 98.3. The van der Waals surface area contributed by atoms with Gasteiger partial charge in [0.2, 0.25) is 0 Å². The van der Waals surface area contributed by atoms with Crippen LogP contribution in [-0.2, 0) is 9.47 Å². The summed E-state index contributed by atoms with van der Waals surface area (Å²) in [6.45, 7) is 5.31. The van der Waals surface area contributed by atoms with E-state index in [-0.39, 0.29) is 6.29 Å². The zero-order chi connectivity index (χ0) is 8.53. The minimum absolute atomic E-state index is 0.0856. The van der Waals surface area contributed by atoms with Gasteiger partial charge in [0.1, 0.15) is 0 Å². The number of hydrogen-bond acceptors (Lipinski definition) is 2. The van der Waals surface area contributed by atoms with Crippen LogP contribution in [0.4, 0.5) is 0 Å². The largest absolute Gasteiger partial charge is 0.353 e. The Morgan fingerprint density at radius 1 is 1.27 bits per heavy atom. The van der Waals surface area contributed by atoms with Crippen LogP contribution in [0, 0.1) is 0 Å². The highest BCUT2D eigenvalue weighted by atomic mass is 28.1. The lowest BCUT2D eigenvalue weighted by molar-refractivity contribution is -0.133. The van der Waals surface area contributed by atoms with Crippen LogP contribution >= 0.6 is 0 Å². The second kappa shape index (κ2) is 7.98. The fraction of sp³-hybridized carbons (Fsp3) is 0.750. The van der Waals surface area contributed by atoms with Crippen molar-refractivity contribution >= 4 is 10.2 Å². The first-order valence-corrected chi connectivity index (χ1v) is 4.48. The molecule has 63 valence electrons. The number of hydrogen-bond donors (Lipinski definition) is 0. The Kier molecular flexibility index (Phi) is 7.89. The van der Waals surface area contributed by atoms with E-state index in [2.05, 4.69) is 10.2 Å². The fourth-order valence-electron chi connectivity index (χ4n) is 0.735. The van der Waals surface area contributed by atoms with Gasteiger partial charge in [-0.1, -0.05) is 6.08 Å². The second-order valence-corrected chi connectivity index (χ2v) is 2.31. The molecule has 0 heterocycles. The summed E-state index contributed by atoms with van der Waals surface area (Å²) in [5.41, 5.74) is 1.81. The van der Waals surface area contributed by atoms with Crippen LogP contribution in [0.3, 0.4) is 0 Å². The quantitative estimate of drug-likeness (QED) is 0.445. The van der Waals surface area contributed by atoms with E-state index in [9.17, 15) is 0 Å². The van der Waals surface area contributed by atoms with Crippen molar-refractivity contribution in [3.63, 3.8) is 0 Å². The van der Waals surface area contributed by atoms with Crippen molar-refractivity contribution in [3.05, 3.63) is 11.8 Å². The molecule has 0 saturated heterocycles. The van der Waals surface area contributed by atoms with Crippen molar-refractivity contribution < 1.29 is 9.47 Å². The Labute approximate surface area is 72.0 Å². The summed E-state index contributed by atoms with van der Waals surface area (Å²) in [6, 6.07) is 0. The van der Waals surface area contributed by atoms with Gasteiger partial charge in [-0.2, -0.15) is 0 Å². The summed E-state index contributed by atoms with van der Waals surface area (Å²) < 4.78 is 10.6. The molecule has 0 aromatic carbocycles. The molecule has 0 bridgehead atoms. The predicted molar refractivity (Wildman–Crippen MR) is 46.6 cm³/mol. The minimum Gasteiger partial charge on any atom is -0.353 e. The van der Waals surface area contributed by atoms with Gasteiger partial charge < -0.3 is 9.47 Å². The van der Waals surface area contributed by atoms with Gasteiger partial charge in [-0.3, -0.25) is 0 Å². The van der Waals surface area contributed by atoms with Crippen LogP contribution in [0.2, 0.25) is 0 Å². The molecule has 11 heavy (non-hydrogen) atoms. The van der Waals surface area contributed by atoms with Crippen LogP contribution in [0.25, 0.3) is 0 Å². The van der Waals surface area contributed by atoms with E-state index in [0.717, 1.165) is 6.42 Å². The molecule has 0 rings (SSSR count). The van der Waals surface area contributed by atoms with Gasteiger partial charge in [-0.15, -0.1) is 5.70 Å². The van der Waals surface area contributed by atoms with Gasteiger partial charge in [0.25, 0.3) is 0 Å². The third-order valence-corrected chi connectivity index (χ3v) is 1.39. The molecular weight excluding hydrogens is 156 g/mol. The molecule has 0 N–H and O–H groups in total. The first kappa shape index (κ1) is 10.9. The summed E-state index contributed by atoms with van der Waals surface area (Å²) in [6.07, 6.45) is 2.68. The first-order chi connectivity index (χ1) is 5.35. The molecule has 0 amide bonds. The highest BCUT2D eigenvalue weighted by molar-refractivity contribution is 6.16. The summed E-state index contributed by atoms with van der Waals surface area (Å²) in [5.74, 6) is 0. The lowest BCUT2D eigenvalue weighted by atomic mass is 10.4. The van der Waals surface area contributed by atoms with Gasteiger partial charge in [0, 0.05) is 19.6 Å². The highest BCUT2D eigenvalue weighted by Crippen LogP contribution is 2.01. The van der Waals surface area contributed by atoms with E-state index in [1.165, 1.54) is 0 Å². The molecule has 0 aliphatic carbocycles. The molecule has 0 aromatic rings. The first-order valence-electron chi connectivity index (χ1n) is 3.90. The van der Waals surface area contributed by atoms with E-state index in [1.54, 1.807) is 0 Å². The Morgan fingerprint density at radius 3 is 2.18 bits per heavy atom. The van der Waals surface area contributed by atoms with E-state index in [4.69, 9.17) is 9.47 Å². The average Bonchev–Trinajstić information content (AvgIpc) is 2.01. The SMILES string of the molecule is CCOC(CC=C[Si])OCC. The molecule has 0 aromatic heterocycles. The molecule has 3 heteroatoms. The van der Waals surface area contributed by atoms with Crippen molar-refractivity contribution in [1.82, 2.24) is 0 Å². The van der Waals surface area contributed by atoms with Crippen LogP contribution in [0.5, 0.6) is 0 Å². The van der Waals surface area contributed by atoms with Crippen LogP contribution in [-0.4, -0.2) is 29.7 Å². The molecule has 0 unspecified atom stereocenters. The normalized spacial score (nSPS) is 11.6. The van der Waals surface area contributed by atoms with Crippen molar-refractivity contribution in [2.75, 3.05) is 13.2 Å². The Hall–Kier alpha value is -0.123. The topological polar surface area (TPSA) is 18.5 Å². The van der Waals surface area contributed by atoms with E-state index in [0.29, 0.717) is 13.2 Å². The summed E-state index contributed by atoms with van der Waals surface area (Å²) in [4.78, 5) is 0. The van der Waals surface area contributed by atoms with Crippen molar-refractivity contribution in [2.45, 2.75) is 26.6 Å². The lowest BCUT2D eigenvalue weighted by Crippen LogP contribution is -2.16. The van der Waals surface area contributed by atoms with Crippen molar-refractivity contribution in [1.29, 1.82) is 0 Å². The maximum absolute atomic E-state index is 5.29. The van der Waals surface area contributed by atoms with E-state index >= 15 is 0 Å². The zero-order valence-corrected chi connectivity index (χ0v) is 8.17. The monoisotopic (exact) mass is 171 g/mol. The molecular formula is C8H15O2Si. The number of rotatable bonds is 6. The smallest absolute Gasteiger partial charge is 0.160 e. The van der Waals surface area contributed by atoms with Crippen LogP contribution < -0.4 is 0 Å². The van der Waals surface area contributed by atoms with E-state index < -0.39 is 0 Å². The predicted octanol–water partition coefficient (Wildman–Crippen LogP) is 1.46. The maximum Gasteiger partial charge on any atom is 0.160 e. The van der Waals surface area contributed by atoms with Gasteiger partial charge in [0.05, 0.1) is 10.2 Å². The van der Waals surface area contributed by atoms with Gasteiger partial charge in [0.15, 0.2) is 6.29 Å². The Morgan fingerprint density at radius 2 is 1.82 bits per heavy atom. The van der Waals surface area contributed by atoms with Crippen molar-refractivity contribution in [2.24, 2.45) is 0 Å². The molecule has 0 atom stereocenters. The third kappa shape index (κ3) is 6.28. The standard InChI is InChI=1S/C8H15O2Si/c1-3-9-8(10-4-2)6-5-7-11/h5,7-8H,3-4,6H2,1-2H3. The maximum atomic E-state index is 5.29. The van der Waals surface area contributed by atoms with Crippen LogP contribution in [0.15, 0.2) is 11.8 Å². The van der Waals surface area contributed by atoms with Gasteiger partial charge in [-0.05, 0) is 13.8 Å². The third-order valence-electron chi connectivity index (χ3n) is 1.15. The molecule has 0 aliphatic heterocycles. The van der Waals surface area contributed by atoms with E-state index in [1.807, 2.05) is 25.6 Å². The summed E-state index contributed by atoms with van der Waals surface area (Å²) in [5, 5.41) is 0. The highest BCUT2D eigenvalue weighted by Gasteiger charge is 2.03. The molecule has 0 saturated carbocycles. The van der Waals surface area contributed by atoms with Crippen LogP contribution in [0.1, 0.15) is 20.3 Å². The molecule has 0 spiro atoms. The average molecular weight is 171 g/mol. The number of ether oxygens (including phenoxy) is 2. The minimum atomic E-state index is -0.0856. The summed E-state index contributed by atoms with van der Waals surface area (Å²) >= 11 is 0. The molecule has 3 radical (unpaired) electrons. The molecule has 2 nitrogen and oxygen atoms in total. The second-order valence-electron chi connectivity index (χ2n) is 1.98. The van der Waals surface area contributed by atoms with Crippen molar-refractivity contribution in [3.8, 4) is 0 Å². The molecule has 0 fully saturated rings. The summed E-state index contributed by atoms with van der Waals surface area (Å²) in [7, 11) is 3.23. The Balaban J connectivity index is 3.50.